The van der Waals surface area contributed by atoms with Crippen LogP contribution in [-0.4, -0.2) is 62.8 Å². The van der Waals surface area contributed by atoms with Gasteiger partial charge in [0, 0.05) is 26.2 Å². The first kappa shape index (κ1) is 17.9. The van der Waals surface area contributed by atoms with E-state index in [9.17, 15) is 14.0 Å². The van der Waals surface area contributed by atoms with Crippen molar-refractivity contribution in [2.75, 3.05) is 26.2 Å². The van der Waals surface area contributed by atoms with Crippen molar-refractivity contribution < 1.29 is 18.4 Å². The van der Waals surface area contributed by atoms with Crippen molar-refractivity contribution in [1.82, 2.24) is 24.8 Å². The van der Waals surface area contributed by atoms with Gasteiger partial charge in [0.25, 0.3) is 11.8 Å². The number of rotatable bonds is 3. The van der Waals surface area contributed by atoms with Gasteiger partial charge in [-0.25, -0.2) is 9.07 Å². The highest BCUT2D eigenvalue weighted by molar-refractivity contribution is 5.93. The summed E-state index contributed by atoms with van der Waals surface area (Å²) >= 11 is 0. The highest BCUT2D eigenvalue weighted by Gasteiger charge is 2.27. The minimum absolute atomic E-state index is 0.185. The fourth-order valence-corrected chi connectivity index (χ4v) is 3.09. The van der Waals surface area contributed by atoms with E-state index < -0.39 is 0 Å². The van der Waals surface area contributed by atoms with Crippen LogP contribution in [0.2, 0.25) is 0 Å². The van der Waals surface area contributed by atoms with Crippen LogP contribution in [0.5, 0.6) is 0 Å². The second kappa shape index (κ2) is 7.26. The highest BCUT2D eigenvalue weighted by Crippen LogP contribution is 2.15. The molecule has 0 unspecified atom stereocenters. The van der Waals surface area contributed by atoms with Gasteiger partial charge >= 0.3 is 0 Å². The average Bonchev–Trinajstić information content (AvgIpc) is 3.41. The maximum absolute atomic E-state index is 13.4. The zero-order valence-corrected chi connectivity index (χ0v) is 15.2. The third-order valence-corrected chi connectivity index (χ3v) is 4.70. The zero-order chi connectivity index (χ0) is 19.7. The van der Waals surface area contributed by atoms with Gasteiger partial charge < -0.3 is 14.2 Å². The quantitative estimate of drug-likeness (QED) is 0.690. The Bertz CT molecular complexity index is 1010. The summed E-state index contributed by atoms with van der Waals surface area (Å²) in [5.41, 5.74) is 1.31. The van der Waals surface area contributed by atoms with Gasteiger partial charge in [-0.1, -0.05) is 5.21 Å². The lowest BCUT2D eigenvalue weighted by molar-refractivity contribution is 0.0515. The monoisotopic (exact) mass is 383 g/mol. The number of furan rings is 1. The molecule has 3 heterocycles. The molecule has 0 spiro atoms. The van der Waals surface area contributed by atoms with Gasteiger partial charge in [-0.3, -0.25) is 9.59 Å². The molecule has 1 saturated heterocycles. The molecule has 0 N–H and O–H groups in total. The molecule has 1 fully saturated rings. The van der Waals surface area contributed by atoms with E-state index >= 15 is 0 Å². The fourth-order valence-electron chi connectivity index (χ4n) is 3.09. The number of amides is 2. The zero-order valence-electron chi connectivity index (χ0n) is 15.2. The number of piperazine rings is 1. The number of benzene rings is 1. The smallest absolute Gasteiger partial charge is 0.289 e. The molecule has 9 heteroatoms. The molecule has 2 amide bonds. The first-order chi connectivity index (χ1) is 13.5. The first-order valence-corrected chi connectivity index (χ1v) is 8.84. The fraction of sp³-hybridized carbons (Fsp3) is 0.263. The molecule has 1 aliphatic rings. The Morgan fingerprint density at radius 1 is 1.07 bits per heavy atom. The van der Waals surface area contributed by atoms with E-state index in [2.05, 4.69) is 10.3 Å². The lowest BCUT2D eigenvalue weighted by Crippen LogP contribution is -2.50. The Morgan fingerprint density at radius 2 is 1.79 bits per heavy atom. The van der Waals surface area contributed by atoms with Crippen LogP contribution < -0.4 is 0 Å². The van der Waals surface area contributed by atoms with E-state index in [1.54, 1.807) is 41.0 Å². The lowest BCUT2D eigenvalue weighted by atomic mass is 10.2. The van der Waals surface area contributed by atoms with Crippen molar-refractivity contribution in [3.05, 3.63) is 65.6 Å². The Hall–Kier alpha value is -3.49. The Balaban J connectivity index is 1.41. The van der Waals surface area contributed by atoms with Crippen LogP contribution >= 0.6 is 0 Å². The predicted octanol–water partition coefficient (Wildman–Crippen LogP) is 1.91. The molecule has 2 aromatic heterocycles. The maximum atomic E-state index is 13.4. The molecule has 8 nitrogen and oxygen atoms in total. The van der Waals surface area contributed by atoms with Crippen LogP contribution in [0.15, 0.2) is 47.2 Å². The minimum atomic E-state index is -0.304. The van der Waals surface area contributed by atoms with E-state index in [1.165, 1.54) is 23.2 Å². The molecule has 28 heavy (non-hydrogen) atoms. The predicted molar refractivity (Wildman–Crippen MR) is 96.6 cm³/mol. The molecule has 0 bridgehead atoms. The van der Waals surface area contributed by atoms with Crippen LogP contribution in [0.4, 0.5) is 4.39 Å². The van der Waals surface area contributed by atoms with Gasteiger partial charge in [0.05, 0.1) is 18.1 Å². The molecule has 0 aliphatic carbocycles. The number of carbonyl (C=O) groups is 2. The van der Waals surface area contributed by atoms with Crippen molar-refractivity contribution in [2.24, 2.45) is 0 Å². The highest BCUT2D eigenvalue weighted by atomic mass is 19.1. The van der Waals surface area contributed by atoms with Gasteiger partial charge in [-0.15, -0.1) is 5.10 Å². The molecule has 1 aliphatic heterocycles. The number of carbonyl (C=O) groups excluding carboxylic acids is 2. The van der Waals surface area contributed by atoms with Gasteiger partial charge in [-0.2, -0.15) is 0 Å². The van der Waals surface area contributed by atoms with Gasteiger partial charge in [0.1, 0.15) is 5.82 Å². The summed E-state index contributed by atoms with van der Waals surface area (Å²) < 4.78 is 20.0. The van der Waals surface area contributed by atoms with Gasteiger partial charge in [-0.05, 0) is 42.8 Å². The summed E-state index contributed by atoms with van der Waals surface area (Å²) in [6.45, 7) is 3.28. The van der Waals surface area contributed by atoms with Crippen LogP contribution in [0.3, 0.4) is 0 Å². The second-order valence-corrected chi connectivity index (χ2v) is 6.54. The van der Waals surface area contributed by atoms with Crippen LogP contribution in [-0.2, 0) is 0 Å². The number of halogens is 1. The van der Waals surface area contributed by atoms with Crippen molar-refractivity contribution >= 4 is 11.8 Å². The van der Waals surface area contributed by atoms with Gasteiger partial charge in [0.2, 0.25) is 0 Å². The Labute approximate surface area is 160 Å². The molecule has 144 valence electrons. The molecule has 0 radical (unpaired) electrons. The van der Waals surface area contributed by atoms with Crippen LogP contribution in [0.25, 0.3) is 5.69 Å². The number of aryl methyl sites for hydroxylation is 1. The summed E-state index contributed by atoms with van der Waals surface area (Å²) in [7, 11) is 0. The number of hydrogen-bond acceptors (Lipinski definition) is 5. The summed E-state index contributed by atoms with van der Waals surface area (Å²) in [6, 6.07) is 7.85. The van der Waals surface area contributed by atoms with Crippen molar-refractivity contribution in [3.63, 3.8) is 0 Å². The molecule has 0 saturated carbocycles. The number of hydrogen-bond donors (Lipinski definition) is 0. The maximum Gasteiger partial charge on any atom is 0.289 e. The summed E-state index contributed by atoms with van der Waals surface area (Å²) in [6.07, 6.45) is 2.98. The normalized spacial score (nSPS) is 14.4. The van der Waals surface area contributed by atoms with E-state index in [0.717, 1.165) is 0 Å². The molecular formula is C19H18FN5O3. The second-order valence-electron chi connectivity index (χ2n) is 6.54. The van der Waals surface area contributed by atoms with E-state index in [4.69, 9.17) is 4.42 Å². The lowest BCUT2D eigenvalue weighted by Gasteiger charge is -2.33. The Kier molecular flexibility index (Phi) is 4.64. The third-order valence-electron chi connectivity index (χ3n) is 4.70. The first-order valence-electron chi connectivity index (χ1n) is 8.84. The summed E-state index contributed by atoms with van der Waals surface area (Å²) in [5.74, 6) is -0.454. The van der Waals surface area contributed by atoms with Crippen molar-refractivity contribution in [2.45, 2.75) is 6.92 Å². The molecule has 1 aromatic carbocycles. The summed E-state index contributed by atoms with van der Waals surface area (Å²) in [4.78, 5) is 28.3. The largest absolute Gasteiger partial charge is 0.459 e. The average molecular weight is 383 g/mol. The van der Waals surface area contributed by atoms with Crippen molar-refractivity contribution in [1.29, 1.82) is 0 Å². The van der Waals surface area contributed by atoms with Crippen LogP contribution in [0, 0.1) is 12.7 Å². The Morgan fingerprint density at radius 3 is 2.43 bits per heavy atom. The SMILES string of the molecule is Cc1cc(-n2cc(C(=O)N3CCN(C(=O)c4ccco4)CC3)nn2)ccc1F. The van der Waals surface area contributed by atoms with E-state index in [-0.39, 0.29) is 29.1 Å². The van der Waals surface area contributed by atoms with E-state index in [0.29, 0.717) is 37.4 Å². The molecule has 0 atom stereocenters. The number of aromatic nitrogens is 3. The van der Waals surface area contributed by atoms with E-state index in [1.807, 2.05) is 0 Å². The third kappa shape index (κ3) is 3.38. The molecule has 3 aromatic rings. The van der Waals surface area contributed by atoms with Crippen molar-refractivity contribution in [3.8, 4) is 5.69 Å². The summed E-state index contributed by atoms with van der Waals surface area (Å²) in [5, 5.41) is 7.92. The molecular weight excluding hydrogens is 365 g/mol. The van der Waals surface area contributed by atoms with Crippen LogP contribution in [0.1, 0.15) is 26.6 Å². The molecule has 4 rings (SSSR count). The number of nitrogens with zero attached hydrogens (tertiary/aromatic N) is 5. The van der Waals surface area contributed by atoms with Gasteiger partial charge in [0.15, 0.2) is 11.5 Å². The standard InChI is InChI=1S/C19H18FN5O3/c1-13-11-14(4-5-15(13)20)25-12-16(21-22-25)18(26)23-6-8-24(9-7-23)19(27)17-3-2-10-28-17/h2-5,10-12H,6-9H2,1H3. The topological polar surface area (TPSA) is 84.5 Å². The minimum Gasteiger partial charge on any atom is -0.459 e.